The fourth-order valence-electron chi connectivity index (χ4n) is 2.64. The SMILES string of the molecule is CC(C)(C)n1cc(CNCC2(O)CCCCC2)cn1. The molecule has 1 fully saturated rings. The summed E-state index contributed by atoms with van der Waals surface area (Å²) in [4.78, 5) is 0. The first-order chi connectivity index (χ1) is 8.89. The number of aromatic nitrogens is 2. The normalized spacial score (nSPS) is 19.6. The lowest BCUT2D eigenvalue weighted by Gasteiger charge is -2.32. The van der Waals surface area contributed by atoms with Crippen molar-refractivity contribution in [2.24, 2.45) is 0 Å². The molecular formula is C15H27N3O. The average molecular weight is 265 g/mol. The fraction of sp³-hybridized carbons (Fsp3) is 0.800. The minimum absolute atomic E-state index is 0.0276. The Labute approximate surface area is 116 Å². The second-order valence-electron chi connectivity index (χ2n) is 6.85. The fourth-order valence-corrected chi connectivity index (χ4v) is 2.64. The zero-order valence-corrected chi connectivity index (χ0v) is 12.4. The van der Waals surface area contributed by atoms with Crippen LogP contribution < -0.4 is 5.32 Å². The average Bonchev–Trinajstić information content (AvgIpc) is 2.78. The molecular weight excluding hydrogens is 238 g/mol. The molecule has 0 bridgehead atoms. The van der Waals surface area contributed by atoms with Crippen molar-refractivity contribution in [1.29, 1.82) is 0 Å². The van der Waals surface area contributed by atoms with Crippen molar-refractivity contribution < 1.29 is 5.11 Å². The van der Waals surface area contributed by atoms with Gasteiger partial charge in [0.05, 0.1) is 17.3 Å². The molecule has 0 amide bonds. The third-order valence-corrected chi connectivity index (χ3v) is 3.89. The van der Waals surface area contributed by atoms with E-state index in [0.29, 0.717) is 6.54 Å². The highest BCUT2D eigenvalue weighted by Gasteiger charge is 2.28. The van der Waals surface area contributed by atoms with Crippen LogP contribution in [0.4, 0.5) is 0 Å². The van der Waals surface area contributed by atoms with Crippen molar-refractivity contribution in [3.63, 3.8) is 0 Å². The van der Waals surface area contributed by atoms with Gasteiger partial charge in [-0.3, -0.25) is 4.68 Å². The zero-order chi connectivity index (χ0) is 13.9. The maximum absolute atomic E-state index is 10.4. The summed E-state index contributed by atoms with van der Waals surface area (Å²) in [6.45, 7) is 7.89. The third kappa shape index (κ3) is 4.05. The smallest absolute Gasteiger partial charge is 0.0771 e. The standard InChI is InChI=1S/C15H27N3O/c1-14(2,3)18-11-13(10-17-18)9-16-12-15(19)7-5-4-6-8-15/h10-11,16,19H,4-9,12H2,1-3H3. The molecule has 0 radical (unpaired) electrons. The van der Waals surface area contributed by atoms with Crippen LogP contribution in [0, 0.1) is 0 Å². The van der Waals surface area contributed by atoms with Gasteiger partial charge < -0.3 is 10.4 Å². The summed E-state index contributed by atoms with van der Waals surface area (Å²) < 4.78 is 1.99. The lowest BCUT2D eigenvalue weighted by Crippen LogP contribution is -2.41. The van der Waals surface area contributed by atoms with E-state index in [2.05, 4.69) is 37.4 Å². The molecule has 108 valence electrons. The van der Waals surface area contributed by atoms with Gasteiger partial charge in [0.1, 0.15) is 0 Å². The molecule has 4 nitrogen and oxygen atoms in total. The van der Waals surface area contributed by atoms with E-state index >= 15 is 0 Å². The first-order valence-electron chi connectivity index (χ1n) is 7.36. The molecule has 1 saturated carbocycles. The number of aliphatic hydroxyl groups is 1. The van der Waals surface area contributed by atoms with Gasteiger partial charge in [-0.15, -0.1) is 0 Å². The third-order valence-electron chi connectivity index (χ3n) is 3.89. The van der Waals surface area contributed by atoms with Gasteiger partial charge in [0.15, 0.2) is 0 Å². The molecule has 1 aliphatic carbocycles. The lowest BCUT2D eigenvalue weighted by atomic mass is 9.85. The Bertz CT molecular complexity index is 400. The van der Waals surface area contributed by atoms with E-state index in [1.165, 1.54) is 12.0 Å². The van der Waals surface area contributed by atoms with Crippen LogP contribution in [0.5, 0.6) is 0 Å². The molecule has 0 unspecified atom stereocenters. The molecule has 0 saturated heterocycles. The molecule has 1 heterocycles. The Morgan fingerprint density at radius 1 is 1.32 bits per heavy atom. The van der Waals surface area contributed by atoms with Crippen molar-refractivity contribution in [2.75, 3.05) is 6.54 Å². The van der Waals surface area contributed by atoms with Crippen LogP contribution >= 0.6 is 0 Å². The topological polar surface area (TPSA) is 50.1 Å². The van der Waals surface area contributed by atoms with Gasteiger partial charge in [-0.25, -0.2) is 0 Å². The Balaban J connectivity index is 1.81. The quantitative estimate of drug-likeness (QED) is 0.879. The molecule has 4 heteroatoms. The van der Waals surface area contributed by atoms with E-state index in [0.717, 1.165) is 32.2 Å². The summed E-state index contributed by atoms with van der Waals surface area (Å²) in [6.07, 6.45) is 9.42. The number of nitrogens with one attached hydrogen (secondary N) is 1. The first-order valence-corrected chi connectivity index (χ1v) is 7.36. The van der Waals surface area contributed by atoms with Crippen LogP contribution in [-0.2, 0) is 12.1 Å². The molecule has 0 aliphatic heterocycles. The summed E-state index contributed by atoms with van der Waals surface area (Å²) in [5.74, 6) is 0. The minimum atomic E-state index is -0.488. The van der Waals surface area contributed by atoms with E-state index in [1.54, 1.807) is 0 Å². The minimum Gasteiger partial charge on any atom is -0.389 e. The van der Waals surface area contributed by atoms with E-state index in [9.17, 15) is 5.11 Å². The van der Waals surface area contributed by atoms with Crippen molar-refractivity contribution >= 4 is 0 Å². The zero-order valence-electron chi connectivity index (χ0n) is 12.4. The Morgan fingerprint density at radius 2 is 2.00 bits per heavy atom. The van der Waals surface area contributed by atoms with Crippen molar-refractivity contribution in [3.05, 3.63) is 18.0 Å². The summed E-state index contributed by atoms with van der Waals surface area (Å²) >= 11 is 0. The van der Waals surface area contributed by atoms with E-state index < -0.39 is 5.60 Å². The largest absolute Gasteiger partial charge is 0.389 e. The maximum Gasteiger partial charge on any atom is 0.0771 e. The van der Waals surface area contributed by atoms with Gasteiger partial charge in [-0.1, -0.05) is 19.3 Å². The molecule has 1 aromatic heterocycles. The molecule has 1 aliphatic rings. The van der Waals surface area contributed by atoms with Gasteiger partial charge in [0, 0.05) is 24.8 Å². The first kappa shape index (κ1) is 14.5. The Morgan fingerprint density at radius 3 is 2.58 bits per heavy atom. The highest BCUT2D eigenvalue weighted by molar-refractivity contribution is 5.05. The molecule has 0 spiro atoms. The molecule has 0 aromatic carbocycles. The van der Waals surface area contributed by atoms with Crippen molar-refractivity contribution in [1.82, 2.24) is 15.1 Å². The molecule has 1 aromatic rings. The second kappa shape index (κ2) is 5.63. The van der Waals surface area contributed by atoms with E-state index in [-0.39, 0.29) is 5.54 Å². The van der Waals surface area contributed by atoms with Crippen LogP contribution in [0.2, 0.25) is 0 Å². The number of hydrogen-bond acceptors (Lipinski definition) is 3. The van der Waals surface area contributed by atoms with Crippen LogP contribution in [-0.4, -0.2) is 27.0 Å². The van der Waals surface area contributed by atoms with E-state index in [4.69, 9.17) is 0 Å². The molecule has 0 atom stereocenters. The van der Waals surface area contributed by atoms with Crippen LogP contribution in [0.3, 0.4) is 0 Å². The van der Waals surface area contributed by atoms with Crippen LogP contribution in [0.15, 0.2) is 12.4 Å². The summed E-state index contributed by atoms with van der Waals surface area (Å²) in [6, 6.07) is 0. The van der Waals surface area contributed by atoms with Crippen LogP contribution in [0.25, 0.3) is 0 Å². The second-order valence-corrected chi connectivity index (χ2v) is 6.85. The van der Waals surface area contributed by atoms with Crippen molar-refractivity contribution in [2.45, 2.75) is 70.6 Å². The highest BCUT2D eigenvalue weighted by atomic mass is 16.3. The predicted molar refractivity (Wildman–Crippen MR) is 77.0 cm³/mol. The monoisotopic (exact) mass is 265 g/mol. The van der Waals surface area contributed by atoms with Gasteiger partial charge in [-0.05, 0) is 33.6 Å². The molecule has 2 N–H and O–H groups in total. The molecule has 2 rings (SSSR count). The van der Waals surface area contributed by atoms with Gasteiger partial charge in [0.2, 0.25) is 0 Å². The Hall–Kier alpha value is -0.870. The van der Waals surface area contributed by atoms with Gasteiger partial charge in [0.25, 0.3) is 0 Å². The number of hydrogen-bond donors (Lipinski definition) is 2. The van der Waals surface area contributed by atoms with Gasteiger partial charge >= 0.3 is 0 Å². The highest BCUT2D eigenvalue weighted by Crippen LogP contribution is 2.27. The Kier molecular flexibility index (Phi) is 4.31. The lowest BCUT2D eigenvalue weighted by molar-refractivity contribution is 0.00467. The summed E-state index contributed by atoms with van der Waals surface area (Å²) in [7, 11) is 0. The van der Waals surface area contributed by atoms with Crippen molar-refractivity contribution in [3.8, 4) is 0 Å². The number of nitrogens with zero attached hydrogens (tertiary/aromatic N) is 2. The molecule has 19 heavy (non-hydrogen) atoms. The maximum atomic E-state index is 10.4. The van der Waals surface area contributed by atoms with Gasteiger partial charge in [-0.2, -0.15) is 5.10 Å². The van der Waals surface area contributed by atoms with E-state index in [1.807, 2.05) is 10.9 Å². The summed E-state index contributed by atoms with van der Waals surface area (Å²) in [5.41, 5.74) is 0.715. The number of rotatable bonds is 4. The van der Waals surface area contributed by atoms with Crippen LogP contribution in [0.1, 0.15) is 58.4 Å². The summed E-state index contributed by atoms with van der Waals surface area (Å²) in [5, 5.41) is 18.2. The predicted octanol–water partition coefficient (Wildman–Crippen LogP) is 2.42.